The highest BCUT2D eigenvalue weighted by Crippen LogP contribution is 2.26. The van der Waals surface area contributed by atoms with E-state index >= 15 is 0 Å². The average Bonchev–Trinajstić information content (AvgIpc) is 2.28. The summed E-state index contributed by atoms with van der Waals surface area (Å²) in [5, 5.41) is 9.79. The molecule has 1 unspecified atom stereocenters. The molecule has 0 aliphatic carbocycles. The molecule has 1 atom stereocenters. The van der Waals surface area contributed by atoms with E-state index in [0.29, 0.717) is 13.0 Å². The fourth-order valence-electron chi connectivity index (χ4n) is 1.62. The summed E-state index contributed by atoms with van der Waals surface area (Å²) in [5.74, 6) is 0.929. The number of ether oxygens (including phenoxy) is 1. The lowest BCUT2D eigenvalue weighted by Gasteiger charge is -2.22. The van der Waals surface area contributed by atoms with Crippen LogP contribution >= 0.6 is 0 Å². The van der Waals surface area contributed by atoms with Gasteiger partial charge in [-0.05, 0) is 44.4 Å². The fraction of sp³-hybridized carbons (Fsp3) is 0.571. The van der Waals surface area contributed by atoms with E-state index in [4.69, 9.17) is 10.5 Å². The first-order chi connectivity index (χ1) is 7.87. The van der Waals surface area contributed by atoms with Crippen LogP contribution in [0.1, 0.15) is 30.0 Å². The fourth-order valence-corrected chi connectivity index (χ4v) is 1.62. The number of nitrogens with two attached hydrogens (primary N) is 1. The second kappa shape index (κ2) is 5.52. The van der Waals surface area contributed by atoms with Crippen molar-refractivity contribution in [2.24, 2.45) is 5.73 Å². The molecule has 0 spiro atoms. The van der Waals surface area contributed by atoms with Gasteiger partial charge in [-0.15, -0.1) is 0 Å². The van der Waals surface area contributed by atoms with Crippen molar-refractivity contribution in [2.45, 2.75) is 39.7 Å². The van der Waals surface area contributed by atoms with Gasteiger partial charge >= 0.3 is 0 Å². The maximum atomic E-state index is 9.79. The van der Waals surface area contributed by atoms with Crippen molar-refractivity contribution in [3.05, 3.63) is 28.8 Å². The van der Waals surface area contributed by atoms with E-state index in [2.05, 4.69) is 26.0 Å². The first-order valence-electron chi connectivity index (χ1n) is 5.99. The summed E-state index contributed by atoms with van der Waals surface area (Å²) in [6, 6.07) is 4.15. The Morgan fingerprint density at radius 1 is 1.24 bits per heavy atom. The van der Waals surface area contributed by atoms with Crippen molar-refractivity contribution < 1.29 is 9.84 Å². The second-order valence-electron chi connectivity index (χ2n) is 4.95. The lowest BCUT2D eigenvalue weighted by atomic mass is 10.0. The molecule has 0 fully saturated rings. The molecule has 0 aliphatic heterocycles. The Balaban J connectivity index is 2.67. The van der Waals surface area contributed by atoms with Crippen LogP contribution in [0.3, 0.4) is 0 Å². The van der Waals surface area contributed by atoms with Gasteiger partial charge in [-0.1, -0.05) is 12.1 Å². The van der Waals surface area contributed by atoms with Crippen molar-refractivity contribution in [3.8, 4) is 5.75 Å². The van der Waals surface area contributed by atoms with E-state index in [-0.39, 0.29) is 6.54 Å². The van der Waals surface area contributed by atoms with Gasteiger partial charge in [0, 0.05) is 13.0 Å². The molecule has 0 aromatic heterocycles. The summed E-state index contributed by atoms with van der Waals surface area (Å²) in [7, 11) is 0. The summed E-state index contributed by atoms with van der Waals surface area (Å²) in [5.41, 5.74) is 8.13. The molecule has 1 aromatic carbocycles. The Bertz CT molecular complexity index is 386. The van der Waals surface area contributed by atoms with Gasteiger partial charge in [-0.2, -0.15) is 0 Å². The van der Waals surface area contributed by atoms with Crippen LogP contribution in [-0.4, -0.2) is 23.9 Å². The van der Waals surface area contributed by atoms with Crippen LogP contribution in [0.5, 0.6) is 5.75 Å². The molecule has 0 heterocycles. The third-order valence-electron chi connectivity index (χ3n) is 3.20. The number of hydrogen-bond acceptors (Lipinski definition) is 3. The van der Waals surface area contributed by atoms with E-state index in [1.807, 2.05) is 6.92 Å². The van der Waals surface area contributed by atoms with Crippen LogP contribution in [0, 0.1) is 20.8 Å². The number of benzene rings is 1. The molecule has 96 valence electrons. The van der Waals surface area contributed by atoms with Gasteiger partial charge in [0.05, 0.1) is 12.2 Å². The number of hydrogen-bond donors (Lipinski definition) is 2. The van der Waals surface area contributed by atoms with E-state index in [1.54, 1.807) is 6.92 Å². The molecule has 3 nitrogen and oxygen atoms in total. The van der Waals surface area contributed by atoms with Gasteiger partial charge in [0.2, 0.25) is 0 Å². The smallest absolute Gasteiger partial charge is 0.125 e. The van der Waals surface area contributed by atoms with Gasteiger partial charge in [0.25, 0.3) is 0 Å². The van der Waals surface area contributed by atoms with Gasteiger partial charge in [0.15, 0.2) is 0 Å². The van der Waals surface area contributed by atoms with Gasteiger partial charge < -0.3 is 15.6 Å². The summed E-state index contributed by atoms with van der Waals surface area (Å²) in [6.45, 7) is 8.61. The van der Waals surface area contributed by atoms with Gasteiger partial charge in [-0.25, -0.2) is 0 Å². The highest BCUT2D eigenvalue weighted by Gasteiger charge is 2.18. The third kappa shape index (κ3) is 3.72. The van der Waals surface area contributed by atoms with Crippen molar-refractivity contribution in [1.29, 1.82) is 0 Å². The van der Waals surface area contributed by atoms with Crippen molar-refractivity contribution >= 4 is 0 Å². The van der Waals surface area contributed by atoms with Crippen LogP contribution in [0.4, 0.5) is 0 Å². The van der Waals surface area contributed by atoms with Crippen LogP contribution in [-0.2, 0) is 0 Å². The van der Waals surface area contributed by atoms with Crippen molar-refractivity contribution in [3.63, 3.8) is 0 Å². The maximum Gasteiger partial charge on any atom is 0.125 e. The molecule has 1 aromatic rings. The lowest BCUT2D eigenvalue weighted by molar-refractivity contribution is 0.0451. The van der Waals surface area contributed by atoms with E-state index < -0.39 is 5.60 Å². The summed E-state index contributed by atoms with van der Waals surface area (Å²) < 4.78 is 5.77. The van der Waals surface area contributed by atoms with Crippen LogP contribution < -0.4 is 10.5 Å². The highest BCUT2D eigenvalue weighted by atomic mass is 16.5. The number of aliphatic hydroxyl groups is 1. The molecule has 0 saturated heterocycles. The predicted molar refractivity (Wildman–Crippen MR) is 70.4 cm³/mol. The molecule has 0 aliphatic rings. The first kappa shape index (κ1) is 14.0. The van der Waals surface area contributed by atoms with E-state index in [0.717, 1.165) is 16.9 Å². The minimum absolute atomic E-state index is 0.252. The first-order valence-corrected chi connectivity index (χ1v) is 5.99. The lowest BCUT2D eigenvalue weighted by Crippen LogP contribution is -2.35. The molecule has 3 N–H and O–H groups in total. The standard InChI is InChI=1S/C14H23NO2/c1-10-5-6-11(2)13(12(10)3)17-8-7-14(4,16)9-15/h5-6,16H,7-9,15H2,1-4H3. The quantitative estimate of drug-likeness (QED) is 0.824. The van der Waals surface area contributed by atoms with Crippen molar-refractivity contribution in [1.82, 2.24) is 0 Å². The number of rotatable bonds is 5. The third-order valence-corrected chi connectivity index (χ3v) is 3.20. The summed E-state index contributed by atoms with van der Waals surface area (Å²) >= 11 is 0. The Kier molecular flexibility index (Phi) is 4.54. The SMILES string of the molecule is Cc1ccc(C)c(OCCC(C)(O)CN)c1C. The molecule has 0 amide bonds. The monoisotopic (exact) mass is 237 g/mol. The molecule has 0 bridgehead atoms. The molecular formula is C14H23NO2. The predicted octanol–water partition coefficient (Wildman–Crippen LogP) is 2.09. The minimum atomic E-state index is -0.842. The Hall–Kier alpha value is -1.06. The van der Waals surface area contributed by atoms with E-state index in [1.165, 1.54) is 5.56 Å². The normalized spacial score (nSPS) is 14.5. The summed E-state index contributed by atoms with van der Waals surface area (Å²) in [6.07, 6.45) is 0.538. The van der Waals surface area contributed by atoms with Crippen LogP contribution in [0.15, 0.2) is 12.1 Å². The maximum absolute atomic E-state index is 9.79. The van der Waals surface area contributed by atoms with E-state index in [9.17, 15) is 5.11 Å². The van der Waals surface area contributed by atoms with Gasteiger partial charge in [-0.3, -0.25) is 0 Å². The zero-order chi connectivity index (χ0) is 13.1. The second-order valence-corrected chi connectivity index (χ2v) is 4.95. The number of aryl methyl sites for hydroxylation is 2. The minimum Gasteiger partial charge on any atom is -0.493 e. The highest BCUT2D eigenvalue weighted by molar-refractivity contribution is 5.44. The molecule has 3 heteroatoms. The Morgan fingerprint density at radius 2 is 1.82 bits per heavy atom. The Morgan fingerprint density at radius 3 is 2.41 bits per heavy atom. The molecule has 1 rings (SSSR count). The molecule has 0 saturated carbocycles. The molecular weight excluding hydrogens is 214 g/mol. The molecule has 0 radical (unpaired) electrons. The zero-order valence-electron chi connectivity index (χ0n) is 11.2. The van der Waals surface area contributed by atoms with Crippen molar-refractivity contribution in [2.75, 3.05) is 13.2 Å². The average molecular weight is 237 g/mol. The van der Waals surface area contributed by atoms with Crippen LogP contribution in [0.25, 0.3) is 0 Å². The largest absolute Gasteiger partial charge is 0.493 e. The Labute approximate surface area is 104 Å². The van der Waals surface area contributed by atoms with Gasteiger partial charge in [0.1, 0.15) is 5.75 Å². The van der Waals surface area contributed by atoms with Crippen LogP contribution in [0.2, 0.25) is 0 Å². The molecule has 17 heavy (non-hydrogen) atoms. The summed E-state index contributed by atoms with van der Waals surface area (Å²) in [4.78, 5) is 0. The zero-order valence-corrected chi connectivity index (χ0v) is 11.2. The topological polar surface area (TPSA) is 55.5 Å².